The van der Waals surface area contributed by atoms with Crippen molar-refractivity contribution in [3.8, 4) is 11.5 Å². The van der Waals surface area contributed by atoms with Gasteiger partial charge in [-0.25, -0.2) is 0 Å². The van der Waals surface area contributed by atoms with Crippen LogP contribution in [0.5, 0.6) is 11.5 Å². The molecular formula is C15H24ClNO2. The second-order valence-electron chi connectivity index (χ2n) is 4.54. The SMILES string of the molecule is CCCCCCNCc1cc(Cl)cc(OC)c1OC. The largest absolute Gasteiger partial charge is 0.493 e. The standard InChI is InChI=1S/C15H24ClNO2/c1-4-5-6-7-8-17-11-12-9-13(16)10-14(18-2)15(12)19-3/h9-10,17H,4-8,11H2,1-3H3. The molecule has 4 heteroatoms. The molecule has 0 spiro atoms. The summed E-state index contributed by atoms with van der Waals surface area (Å²) in [4.78, 5) is 0. The molecule has 0 aliphatic rings. The number of rotatable bonds is 9. The number of ether oxygens (including phenoxy) is 2. The lowest BCUT2D eigenvalue weighted by Gasteiger charge is -2.14. The van der Waals surface area contributed by atoms with E-state index in [1.54, 1.807) is 20.3 Å². The van der Waals surface area contributed by atoms with E-state index in [2.05, 4.69) is 12.2 Å². The Balaban J connectivity index is 2.54. The molecule has 0 aliphatic heterocycles. The van der Waals surface area contributed by atoms with Crippen molar-refractivity contribution in [1.82, 2.24) is 5.32 Å². The normalized spacial score (nSPS) is 10.5. The molecule has 1 aromatic carbocycles. The molecule has 0 unspecified atom stereocenters. The van der Waals surface area contributed by atoms with E-state index in [0.29, 0.717) is 10.8 Å². The van der Waals surface area contributed by atoms with E-state index in [-0.39, 0.29) is 0 Å². The van der Waals surface area contributed by atoms with Crippen molar-refractivity contribution in [2.24, 2.45) is 0 Å². The smallest absolute Gasteiger partial charge is 0.165 e. The highest BCUT2D eigenvalue weighted by atomic mass is 35.5. The van der Waals surface area contributed by atoms with E-state index < -0.39 is 0 Å². The van der Waals surface area contributed by atoms with Crippen LogP contribution >= 0.6 is 11.6 Å². The zero-order valence-electron chi connectivity index (χ0n) is 12.1. The third-order valence-corrected chi connectivity index (χ3v) is 3.26. The maximum absolute atomic E-state index is 6.08. The molecule has 0 bridgehead atoms. The third-order valence-electron chi connectivity index (χ3n) is 3.04. The fraction of sp³-hybridized carbons (Fsp3) is 0.600. The summed E-state index contributed by atoms with van der Waals surface area (Å²) in [6.07, 6.45) is 5.04. The molecule has 0 aliphatic carbocycles. The van der Waals surface area contributed by atoms with Crippen LogP contribution < -0.4 is 14.8 Å². The van der Waals surface area contributed by atoms with Gasteiger partial charge in [0.2, 0.25) is 0 Å². The van der Waals surface area contributed by atoms with Crippen LogP contribution in [-0.4, -0.2) is 20.8 Å². The molecule has 0 amide bonds. The molecule has 1 rings (SSSR count). The second-order valence-corrected chi connectivity index (χ2v) is 4.97. The van der Waals surface area contributed by atoms with Crippen LogP contribution in [0.1, 0.15) is 38.2 Å². The molecule has 19 heavy (non-hydrogen) atoms. The molecule has 0 fully saturated rings. The predicted octanol–water partition coefficient (Wildman–Crippen LogP) is 4.03. The summed E-state index contributed by atoms with van der Waals surface area (Å²) in [6.45, 7) is 3.97. The van der Waals surface area contributed by atoms with Crippen LogP contribution in [0.2, 0.25) is 5.02 Å². The van der Waals surface area contributed by atoms with Crippen LogP contribution in [0.15, 0.2) is 12.1 Å². The van der Waals surface area contributed by atoms with Crippen molar-refractivity contribution in [3.05, 3.63) is 22.7 Å². The lowest BCUT2D eigenvalue weighted by atomic mass is 10.1. The number of benzene rings is 1. The van der Waals surface area contributed by atoms with Gasteiger partial charge in [-0.1, -0.05) is 37.8 Å². The Bertz CT molecular complexity index is 383. The Morgan fingerprint density at radius 1 is 1.11 bits per heavy atom. The van der Waals surface area contributed by atoms with Crippen LogP contribution in [-0.2, 0) is 6.54 Å². The predicted molar refractivity (Wildman–Crippen MR) is 80.4 cm³/mol. The van der Waals surface area contributed by atoms with E-state index in [4.69, 9.17) is 21.1 Å². The van der Waals surface area contributed by atoms with Crippen molar-refractivity contribution >= 4 is 11.6 Å². The van der Waals surface area contributed by atoms with Gasteiger partial charge in [0, 0.05) is 23.2 Å². The van der Waals surface area contributed by atoms with E-state index >= 15 is 0 Å². The molecular weight excluding hydrogens is 262 g/mol. The van der Waals surface area contributed by atoms with Gasteiger partial charge >= 0.3 is 0 Å². The van der Waals surface area contributed by atoms with Gasteiger partial charge in [0.1, 0.15) is 0 Å². The van der Waals surface area contributed by atoms with Crippen LogP contribution in [0.4, 0.5) is 0 Å². The summed E-state index contributed by atoms with van der Waals surface area (Å²) in [5.41, 5.74) is 1.03. The Hall–Kier alpha value is -0.930. The maximum Gasteiger partial charge on any atom is 0.165 e. The second kappa shape index (κ2) is 9.05. The number of hydrogen-bond acceptors (Lipinski definition) is 3. The average molecular weight is 286 g/mol. The first-order valence-electron chi connectivity index (χ1n) is 6.84. The van der Waals surface area contributed by atoms with Gasteiger partial charge in [-0.3, -0.25) is 0 Å². The summed E-state index contributed by atoms with van der Waals surface area (Å²) in [5.74, 6) is 1.44. The van der Waals surface area contributed by atoms with Crippen molar-refractivity contribution in [3.63, 3.8) is 0 Å². The van der Waals surface area contributed by atoms with Crippen molar-refractivity contribution in [2.75, 3.05) is 20.8 Å². The minimum Gasteiger partial charge on any atom is -0.493 e. The summed E-state index contributed by atoms with van der Waals surface area (Å²) in [5, 5.41) is 4.09. The average Bonchev–Trinajstić information content (AvgIpc) is 2.42. The van der Waals surface area contributed by atoms with Gasteiger partial charge in [0.15, 0.2) is 11.5 Å². The van der Waals surface area contributed by atoms with Crippen LogP contribution in [0.25, 0.3) is 0 Å². The maximum atomic E-state index is 6.08. The zero-order chi connectivity index (χ0) is 14.1. The third kappa shape index (κ3) is 5.29. The fourth-order valence-electron chi connectivity index (χ4n) is 2.04. The first-order valence-corrected chi connectivity index (χ1v) is 7.21. The van der Waals surface area contributed by atoms with Gasteiger partial charge in [-0.05, 0) is 19.0 Å². The first kappa shape index (κ1) is 16.1. The van der Waals surface area contributed by atoms with E-state index in [1.807, 2.05) is 6.07 Å². The lowest BCUT2D eigenvalue weighted by Crippen LogP contribution is -2.15. The monoisotopic (exact) mass is 285 g/mol. The molecule has 3 nitrogen and oxygen atoms in total. The minimum atomic E-state index is 0.667. The number of unbranched alkanes of at least 4 members (excludes halogenated alkanes) is 3. The lowest BCUT2D eigenvalue weighted by molar-refractivity contribution is 0.350. The Morgan fingerprint density at radius 3 is 2.53 bits per heavy atom. The summed E-state index contributed by atoms with van der Waals surface area (Å²) in [7, 11) is 3.27. The summed E-state index contributed by atoms with van der Waals surface area (Å²) >= 11 is 6.08. The van der Waals surface area contributed by atoms with E-state index in [9.17, 15) is 0 Å². The van der Waals surface area contributed by atoms with Crippen molar-refractivity contribution in [1.29, 1.82) is 0 Å². The number of halogens is 1. The summed E-state index contributed by atoms with van der Waals surface area (Å²) in [6, 6.07) is 3.69. The number of nitrogens with one attached hydrogen (secondary N) is 1. The van der Waals surface area contributed by atoms with Gasteiger partial charge < -0.3 is 14.8 Å². The number of methoxy groups -OCH3 is 2. The van der Waals surface area contributed by atoms with Gasteiger partial charge in [0.25, 0.3) is 0 Å². The topological polar surface area (TPSA) is 30.5 Å². The van der Waals surface area contributed by atoms with Crippen molar-refractivity contribution < 1.29 is 9.47 Å². The molecule has 0 aromatic heterocycles. The van der Waals surface area contributed by atoms with Crippen LogP contribution in [0.3, 0.4) is 0 Å². The van der Waals surface area contributed by atoms with Gasteiger partial charge in [0.05, 0.1) is 14.2 Å². The first-order chi connectivity index (χ1) is 9.22. The van der Waals surface area contributed by atoms with Crippen LogP contribution in [0, 0.1) is 0 Å². The summed E-state index contributed by atoms with van der Waals surface area (Å²) < 4.78 is 10.7. The van der Waals surface area contributed by atoms with Crippen molar-refractivity contribution in [2.45, 2.75) is 39.2 Å². The van der Waals surface area contributed by atoms with Gasteiger partial charge in [-0.15, -0.1) is 0 Å². The highest BCUT2D eigenvalue weighted by Gasteiger charge is 2.11. The fourth-order valence-corrected chi connectivity index (χ4v) is 2.27. The van der Waals surface area contributed by atoms with E-state index in [0.717, 1.165) is 24.4 Å². The molecule has 1 aromatic rings. The Morgan fingerprint density at radius 2 is 1.89 bits per heavy atom. The number of hydrogen-bond donors (Lipinski definition) is 1. The molecule has 1 N–H and O–H groups in total. The Kier molecular flexibility index (Phi) is 7.68. The molecule has 0 heterocycles. The van der Waals surface area contributed by atoms with Gasteiger partial charge in [-0.2, -0.15) is 0 Å². The quantitative estimate of drug-likeness (QED) is 0.695. The minimum absolute atomic E-state index is 0.667. The molecule has 0 atom stereocenters. The highest BCUT2D eigenvalue weighted by Crippen LogP contribution is 2.34. The zero-order valence-corrected chi connectivity index (χ0v) is 12.8. The molecule has 0 saturated carbocycles. The molecule has 108 valence electrons. The van der Waals surface area contributed by atoms with E-state index in [1.165, 1.54) is 25.7 Å². The molecule has 0 radical (unpaired) electrons. The molecule has 0 saturated heterocycles. The highest BCUT2D eigenvalue weighted by molar-refractivity contribution is 6.30. The Labute approximate surface area is 121 Å².